The van der Waals surface area contributed by atoms with Crippen molar-refractivity contribution >= 4 is 36.7 Å². The number of aliphatic imine (C=N–C) groups is 1. The molecule has 25 heavy (non-hydrogen) atoms. The molecular formula is C18H27N3O4. The average molecular weight is 349 g/mol. The minimum absolute atomic E-state index is 0.00676. The van der Waals surface area contributed by atoms with Crippen molar-refractivity contribution in [3.05, 3.63) is 16.3 Å². The summed E-state index contributed by atoms with van der Waals surface area (Å²) < 4.78 is 11.7. The van der Waals surface area contributed by atoms with Gasteiger partial charge in [-0.3, -0.25) is 0 Å². The zero-order valence-corrected chi connectivity index (χ0v) is 16.0. The predicted octanol–water partition coefficient (Wildman–Crippen LogP) is 1.88. The second-order valence-corrected chi connectivity index (χ2v) is 6.59. The van der Waals surface area contributed by atoms with Gasteiger partial charge in [-0.05, 0) is 34.6 Å². The van der Waals surface area contributed by atoms with Crippen molar-refractivity contribution in [2.45, 2.75) is 40.2 Å². The molecule has 0 aliphatic heterocycles. The third-order valence-electron chi connectivity index (χ3n) is 3.04. The molecule has 0 unspecified atom stereocenters. The minimum Gasteiger partial charge on any atom is -0.461 e. The molecule has 0 spiro atoms. The van der Waals surface area contributed by atoms with Crippen LogP contribution in [0.2, 0.25) is 0 Å². The maximum atomic E-state index is 12.6. The molecule has 0 saturated carbocycles. The molecule has 1 aromatic heterocycles. The summed E-state index contributed by atoms with van der Waals surface area (Å²) in [5.41, 5.74) is -0.388. The summed E-state index contributed by atoms with van der Waals surface area (Å²) in [5.74, 6) is -0.655. The first-order chi connectivity index (χ1) is 11.5. The van der Waals surface area contributed by atoms with Crippen LogP contribution in [-0.4, -0.2) is 54.2 Å². The van der Waals surface area contributed by atoms with Gasteiger partial charge in [-0.2, -0.15) is 0 Å². The zero-order valence-electron chi connectivity index (χ0n) is 16.0. The van der Waals surface area contributed by atoms with Crippen LogP contribution >= 0.6 is 0 Å². The Bertz CT molecular complexity index is 783. The van der Waals surface area contributed by atoms with Gasteiger partial charge in [0.05, 0.1) is 18.3 Å². The van der Waals surface area contributed by atoms with E-state index in [1.807, 2.05) is 0 Å². The smallest absolute Gasteiger partial charge is 0.419 e. The highest BCUT2D eigenvalue weighted by molar-refractivity contribution is 5.98. The fourth-order valence-corrected chi connectivity index (χ4v) is 2.13. The van der Waals surface area contributed by atoms with Crippen LogP contribution in [0, 0.1) is 0 Å². The molecule has 0 fully saturated rings. The lowest BCUT2D eigenvalue weighted by Gasteiger charge is -2.20. The summed E-state index contributed by atoms with van der Waals surface area (Å²) in [5, 5.41) is 0.901. The number of nitrogens with zero attached hydrogens (tertiary/aromatic N) is 3. The number of carbonyl (C=O) groups excluding carboxylic acids is 2. The normalized spacial score (nSPS) is 12.5. The highest BCUT2D eigenvalue weighted by Crippen LogP contribution is 2.17. The molecule has 0 N–H and O–H groups in total. The van der Waals surface area contributed by atoms with Gasteiger partial charge in [0.15, 0.2) is 5.69 Å². The standard InChI is InChI=1S/C18H27N3O4/c1-9-13-12(3)21(17(23)25-18(4,5)6)15(16(22)24-10-2)14(13)19-11-20(7)8/h9,11H,3,10H2,1-2,4-8H3/b13-9+,19-11?. The highest BCUT2D eigenvalue weighted by atomic mass is 16.6. The first-order valence-corrected chi connectivity index (χ1v) is 8.04. The van der Waals surface area contributed by atoms with Gasteiger partial charge in [0.25, 0.3) is 0 Å². The lowest BCUT2D eigenvalue weighted by Crippen LogP contribution is -2.37. The largest absolute Gasteiger partial charge is 0.461 e. The Kier molecular flexibility index (Phi) is 6.55. The van der Waals surface area contributed by atoms with Gasteiger partial charge in [0.2, 0.25) is 0 Å². The highest BCUT2D eigenvalue weighted by Gasteiger charge is 2.28. The van der Waals surface area contributed by atoms with Crippen molar-refractivity contribution in [3.8, 4) is 0 Å². The number of ether oxygens (including phenoxy) is 2. The summed E-state index contributed by atoms with van der Waals surface area (Å²) in [6, 6.07) is 0. The summed E-state index contributed by atoms with van der Waals surface area (Å²) in [4.78, 5) is 31.2. The molecular weight excluding hydrogens is 322 g/mol. The third-order valence-corrected chi connectivity index (χ3v) is 3.04. The van der Waals surface area contributed by atoms with Crippen LogP contribution in [0.15, 0.2) is 4.99 Å². The van der Waals surface area contributed by atoms with E-state index in [9.17, 15) is 9.59 Å². The van der Waals surface area contributed by atoms with Crippen molar-refractivity contribution in [1.29, 1.82) is 0 Å². The summed E-state index contributed by atoms with van der Waals surface area (Å²) in [6.45, 7) is 12.8. The molecule has 0 atom stereocenters. The van der Waals surface area contributed by atoms with Gasteiger partial charge in [-0.25, -0.2) is 19.1 Å². The molecule has 0 aliphatic rings. The molecule has 1 heterocycles. The lowest BCUT2D eigenvalue weighted by atomic mass is 10.2. The van der Waals surface area contributed by atoms with Gasteiger partial charge < -0.3 is 14.4 Å². The first kappa shape index (κ1) is 20.5. The molecule has 0 amide bonds. The molecule has 7 heteroatoms. The molecule has 7 nitrogen and oxygen atoms in total. The molecule has 138 valence electrons. The van der Waals surface area contributed by atoms with Gasteiger partial charge in [-0.15, -0.1) is 0 Å². The Morgan fingerprint density at radius 1 is 1.32 bits per heavy atom. The average Bonchev–Trinajstić information content (AvgIpc) is 2.75. The van der Waals surface area contributed by atoms with Crippen LogP contribution in [0.5, 0.6) is 0 Å². The van der Waals surface area contributed by atoms with Crippen LogP contribution in [-0.2, 0) is 9.47 Å². The molecule has 0 radical (unpaired) electrons. The van der Waals surface area contributed by atoms with Gasteiger partial charge in [0.1, 0.15) is 11.3 Å². The van der Waals surface area contributed by atoms with E-state index < -0.39 is 17.7 Å². The topological polar surface area (TPSA) is 73.1 Å². The van der Waals surface area contributed by atoms with Crippen LogP contribution < -0.4 is 10.6 Å². The molecule has 0 bridgehead atoms. The van der Waals surface area contributed by atoms with E-state index in [4.69, 9.17) is 9.47 Å². The van der Waals surface area contributed by atoms with Crippen molar-refractivity contribution in [1.82, 2.24) is 9.47 Å². The Balaban J connectivity index is 3.73. The van der Waals surface area contributed by atoms with E-state index >= 15 is 0 Å². The lowest BCUT2D eigenvalue weighted by molar-refractivity contribution is 0.0447. The number of aromatic nitrogens is 1. The van der Waals surface area contributed by atoms with Crippen molar-refractivity contribution in [3.63, 3.8) is 0 Å². The number of hydrogen-bond donors (Lipinski definition) is 0. The van der Waals surface area contributed by atoms with E-state index in [0.29, 0.717) is 16.3 Å². The second-order valence-electron chi connectivity index (χ2n) is 6.59. The zero-order chi connectivity index (χ0) is 19.4. The summed E-state index contributed by atoms with van der Waals surface area (Å²) in [6.07, 6.45) is 2.59. The fraction of sp³-hybridized carbons (Fsp3) is 0.500. The van der Waals surface area contributed by atoms with Crippen molar-refractivity contribution < 1.29 is 19.1 Å². The Hall–Kier alpha value is -2.57. The SMILES string of the molecule is C=c1/c(=C\C)c(N=CN(C)C)c(C(=O)OCC)n1C(=O)OC(C)(C)C. The number of hydrogen-bond acceptors (Lipinski definition) is 5. The van der Waals surface area contributed by atoms with Crippen molar-refractivity contribution in [2.75, 3.05) is 20.7 Å². The van der Waals surface area contributed by atoms with Crippen LogP contribution in [0.4, 0.5) is 10.5 Å². The summed E-state index contributed by atoms with van der Waals surface area (Å²) in [7, 11) is 3.61. The second kappa shape index (κ2) is 8.00. The van der Waals surface area contributed by atoms with E-state index in [-0.39, 0.29) is 12.3 Å². The molecule has 0 saturated heterocycles. The van der Waals surface area contributed by atoms with E-state index in [1.165, 1.54) is 0 Å². The summed E-state index contributed by atoms with van der Waals surface area (Å²) >= 11 is 0. The third kappa shape index (κ3) is 4.95. The monoisotopic (exact) mass is 349 g/mol. The minimum atomic E-state index is -0.719. The number of esters is 1. The maximum Gasteiger partial charge on any atom is 0.419 e. The number of rotatable bonds is 4. The first-order valence-electron chi connectivity index (χ1n) is 8.04. The van der Waals surface area contributed by atoms with Gasteiger partial charge in [0, 0.05) is 19.3 Å². The van der Waals surface area contributed by atoms with Crippen LogP contribution in [0.25, 0.3) is 12.7 Å². The van der Waals surface area contributed by atoms with Gasteiger partial charge in [-0.1, -0.05) is 12.7 Å². The van der Waals surface area contributed by atoms with Crippen LogP contribution in [0.1, 0.15) is 45.1 Å². The molecule has 1 rings (SSSR count). The molecule has 1 aromatic rings. The molecule has 0 aliphatic carbocycles. The van der Waals surface area contributed by atoms with Gasteiger partial charge >= 0.3 is 12.1 Å². The van der Waals surface area contributed by atoms with E-state index in [2.05, 4.69) is 11.6 Å². The van der Waals surface area contributed by atoms with Crippen LogP contribution in [0.3, 0.4) is 0 Å². The van der Waals surface area contributed by atoms with E-state index in [0.717, 1.165) is 4.57 Å². The number of carbonyl (C=O) groups is 2. The molecule has 0 aromatic carbocycles. The quantitative estimate of drug-likeness (QED) is 0.471. The predicted molar refractivity (Wildman–Crippen MR) is 98.8 cm³/mol. The Morgan fingerprint density at radius 2 is 1.92 bits per heavy atom. The van der Waals surface area contributed by atoms with Crippen molar-refractivity contribution in [2.24, 2.45) is 4.99 Å². The Morgan fingerprint density at radius 3 is 2.36 bits per heavy atom. The maximum absolute atomic E-state index is 12.6. The van der Waals surface area contributed by atoms with E-state index in [1.54, 1.807) is 66.0 Å². The fourth-order valence-electron chi connectivity index (χ4n) is 2.13. The Labute approximate surface area is 148 Å².